The summed E-state index contributed by atoms with van der Waals surface area (Å²) < 4.78 is 1.74. The van der Waals surface area contributed by atoms with Crippen LogP contribution in [0, 0.1) is 0 Å². The lowest BCUT2D eigenvalue weighted by atomic mass is 10.0. The number of rotatable bonds is 3. The third-order valence-electron chi connectivity index (χ3n) is 4.76. The second-order valence-corrected chi connectivity index (χ2v) is 7.08. The molecule has 1 aliphatic rings. The van der Waals surface area contributed by atoms with Crippen LogP contribution in [0.5, 0.6) is 0 Å². The van der Waals surface area contributed by atoms with E-state index in [0.717, 1.165) is 22.6 Å². The van der Waals surface area contributed by atoms with Gasteiger partial charge in [-0.1, -0.05) is 30.3 Å². The first-order valence-corrected chi connectivity index (χ1v) is 9.40. The summed E-state index contributed by atoms with van der Waals surface area (Å²) in [6.45, 7) is 2.68. The van der Waals surface area contributed by atoms with E-state index in [0.29, 0.717) is 24.3 Å². The largest absolute Gasteiger partial charge is 0.465 e. The predicted octanol–water partition coefficient (Wildman–Crippen LogP) is 4.30. The Labute approximate surface area is 154 Å². The van der Waals surface area contributed by atoms with Crippen LogP contribution in [0.1, 0.15) is 12.5 Å². The normalized spacial score (nSPS) is 12.3. The number of nitrogens with zero attached hydrogens (tertiary/aromatic N) is 2. The van der Waals surface area contributed by atoms with E-state index in [1.807, 2.05) is 35.7 Å². The molecule has 0 fully saturated rings. The molecule has 1 N–H and O–H groups in total. The molecule has 1 aromatic carbocycles. The molecule has 0 aliphatic carbocycles. The molecule has 0 atom stereocenters. The van der Waals surface area contributed by atoms with Crippen molar-refractivity contribution in [3.63, 3.8) is 0 Å². The summed E-state index contributed by atoms with van der Waals surface area (Å²) in [5.74, 6) is 0. The molecular weight excluding hydrogens is 348 g/mol. The van der Waals surface area contributed by atoms with Gasteiger partial charge in [0.25, 0.3) is 5.56 Å². The summed E-state index contributed by atoms with van der Waals surface area (Å²) in [6, 6.07) is 13.2. The van der Waals surface area contributed by atoms with Crippen molar-refractivity contribution in [1.82, 2.24) is 4.57 Å². The number of thiophene rings is 1. The van der Waals surface area contributed by atoms with E-state index in [4.69, 9.17) is 0 Å². The van der Waals surface area contributed by atoms with Gasteiger partial charge in [-0.25, -0.2) is 4.79 Å². The van der Waals surface area contributed by atoms with E-state index < -0.39 is 6.09 Å². The zero-order valence-electron chi connectivity index (χ0n) is 14.3. The SMILES string of the molecule is CCN(C(=O)O)c1cc(-c2ccccc2)c(=O)n2c1-c1sccc1CC2. The number of benzene rings is 1. The highest BCUT2D eigenvalue weighted by atomic mass is 32.1. The Balaban J connectivity index is 2.06. The Morgan fingerprint density at radius 3 is 2.73 bits per heavy atom. The fraction of sp³-hybridized carbons (Fsp3) is 0.200. The minimum absolute atomic E-state index is 0.0737. The Bertz CT molecular complexity index is 1040. The summed E-state index contributed by atoms with van der Waals surface area (Å²) in [5.41, 5.74) is 3.72. The van der Waals surface area contributed by atoms with Crippen molar-refractivity contribution < 1.29 is 9.90 Å². The third-order valence-corrected chi connectivity index (χ3v) is 5.72. The Hall–Kier alpha value is -2.86. The van der Waals surface area contributed by atoms with E-state index in [1.54, 1.807) is 28.9 Å². The summed E-state index contributed by atoms with van der Waals surface area (Å²) in [7, 11) is 0. The van der Waals surface area contributed by atoms with Crippen molar-refractivity contribution in [3.8, 4) is 21.7 Å². The molecule has 4 rings (SSSR count). The first-order valence-electron chi connectivity index (χ1n) is 8.52. The van der Waals surface area contributed by atoms with Crippen molar-refractivity contribution in [2.45, 2.75) is 19.9 Å². The quantitative estimate of drug-likeness (QED) is 0.751. The molecule has 0 unspecified atom stereocenters. The van der Waals surface area contributed by atoms with Crippen molar-refractivity contribution >= 4 is 23.1 Å². The number of anilines is 1. The van der Waals surface area contributed by atoms with Crippen LogP contribution in [0.15, 0.2) is 52.6 Å². The van der Waals surface area contributed by atoms with Gasteiger partial charge in [0, 0.05) is 18.7 Å². The van der Waals surface area contributed by atoms with Crippen LogP contribution in [0.3, 0.4) is 0 Å². The van der Waals surface area contributed by atoms with Crippen molar-refractivity contribution in [2.75, 3.05) is 11.4 Å². The van der Waals surface area contributed by atoms with Gasteiger partial charge in [-0.05, 0) is 42.0 Å². The van der Waals surface area contributed by atoms with Gasteiger partial charge in [-0.2, -0.15) is 0 Å². The van der Waals surface area contributed by atoms with Crippen LogP contribution in [-0.4, -0.2) is 22.3 Å². The number of hydrogen-bond acceptors (Lipinski definition) is 3. The highest BCUT2D eigenvalue weighted by Crippen LogP contribution is 2.40. The smallest absolute Gasteiger partial charge is 0.411 e. The van der Waals surface area contributed by atoms with Gasteiger partial charge in [-0.3, -0.25) is 9.69 Å². The Morgan fingerprint density at radius 2 is 2.04 bits per heavy atom. The maximum Gasteiger partial charge on any atom is 0.411 e. The second kappa shape index (κ2) is 6.46. The molecule has 0 radical (unpaired) electrons. The lowest BCUT2D eigenvalue weighted by Crippen LogP contribution is -2.34. The van der Waals surface area contributed by atoms with E-state index in [-0.39, 0.29) is 5.56 Å². The van der Waals surface area contributed by atoms with Crippen molar-refractivity contribution in [2.24, 2.45) is 0 Å². The number of carboxylic acid groups (broad SMARTS) is 1. The lowest BCUT2D eigenvalue weighted by Gasteiger charge is -2.27. The monoisotopic (exact) mass is 366 g/mol. The molecule has 3 aromatic rings. The molecule has 0 bridgehead atoms. The van der Waals surface area contributed by atoms with E-state index in [9.17, 15) is 14.7 Å². The molecule has 26 heavy (non-hydrogen) atoms. The van der Waals surface area contributed by atoms with Gasteiger partial charge in [0.1, 0.15) is 0 Å². The van der Waals surface area contributed by atoms with Gasteiger partial charge < -0.3 is 9.67 Å². The minimum atomic E-state index is -1.02. The molecule has 1 amide bonds. The number of carbonyl (C=O) groups is 1. The Kier molecular flexibility index (Phi) is 4.12. The van der Waals surface area contributed by atoms with E-state index in [2.05, 4.69) is 6.07 Å². The maximum atomic E-state index is 13.2. The second-order valence-electron chi connectivity index (χ2n) is 6.17. The van der Waals surface area contributed by atoms with Crippen LogP contribution >= 0.6 is 11.3 Å². The number of aryl methyl sites for hydroxylation is 1. The molecule has 0 spiro atoms. The van der Waals surface area contributed by atoms with E-state index >= 15 is 0 Å². The molecule has 3 heterocycles. The minimum Gasteiger partial charge on any atom is -0.465 e. The van der Waals surface area contributed by atoms with Gasteiger partial charge in [0.05, 0.1) is 16.3 Å². The zero-order chi connectivity index (χ0) is 18.3. The van der Waals surface area contributed by atoms with Crippen LogP contribution in [-0.2, 0) is 13.0 Å². The van der Waals surface area contributed by atoms with Gasteiger partial charge in [0.15, 0.2) is 0 Å². The van der Waals surface area contributed by atoms with Crippen LogP contribution in [0.4, 0.5) is 10.5 Å². The fourth-order valence-electron chi connectivity index (χ4n) is 3.52. The zero-order valence-corrected chi connectivity index (χ0v) is 15.1. The molecule has 0 saturated heterocycles. The average molecular weight is 366 g/mol. The number of hydrogen-bond donors (Lipinski definition) is 1. The van der Waals surface area contributed by atoms with Crippen LogP contribution in [0.25, 0.3) is 21.7 Å². The third kappa shape index (κ3) is 2.54. The molecule has 5 nitrogen and oxygen atoms in total. The van der Waals surface area contributed by atoms with Gasteiger partial charge in [0.2, 0.25) is 0 Å². The molecule has 0 saturated carbocycles. The molecule has 6 heteroatoms. The molecule has 132 valence electrons. The number of fused-ring (bicyclic) bond motifs is 3. The van der Waals surface area contributed by atoms with Gasteiger partial charge in [-0.15, -0.1) is 11.3 Å². The van der Waals surface area contributed by atoms with Crippen LogP contribution < -0.4 is 10.5 Å². The molecule has 1 aliphatic heterocycles. The maximum absolute atomic E-state index is 13.2. The number of aromatic nitrogens is 1. The first kappa shape index (κ1) is 16.6. The van der Waals surface area contributed by atoms with E-state index in [1.165, 1.54) is 10.5 Å². The number of pyridine rings is 1. The highest BCUT2D eigenvalue weighted by molar-refractivity contribution is 7.13. The first-order chi connectivity index (χ1) is 12.6. The fourth-order valence-corrected chi connectivity index (χ4v) is 4.53. The highest BCUT2D eigenvalue weighted by Gasteiger charge is 2.28. The summed E-state index contributed by atoms with van der Waals surface area (Å²) in [6.07, 6.45) is -0.237. The number of amides is 1. The van der Waals surface area contributed by atoms with Crippen molar-refractivity contribution in [3.05, 3.63) is 63.8 Å². The Morgan fingerprint density at radius 1 is 1.27 bits per heavy atom. The average Bonchev–Trinajstić information content (AvgIpc) is 3.13. The summed E-state index contributed by atoms with van der Waals surface area (Å²) in [5, 5.41) is 11.7. The topological polar surface area (TPSA) is 62.5 Å². The predicted molar refractivity (Wildman–Crippen MR) is 104 cm³/mol. The summed E-state index contributed by atoms with van der Waals surface area (Å²) in [4.78, 5) is 27.3. The van der Waals surface area contributed by atoms with Crippen LogP contribution in [0.2, 0.25) is 0 Å². The lowest BCUT2D eigenvalue weighted by molar-refractivity contribution is 0.202. The molecular formula is C20H18N2O3S. The molecule has 2 aromatic heterocycles. The van der Waals surface area contributed by atoms with Gasteiger partial charge >= 0.3 is 6.09 Å². The van der Waals surface area contributed by atoms with Crippen molar-refractivity contribution in [1.29, 1.82) is 0 Å². The summed E-state index contributed by atoms with van der Waals surface area (Å²) >= 11 is 1.55. The standard InChI is InChI=1S/C20H18N2O3S/c1-2-21(20(24)25)16-12-15(13-6-4-3-5-7-13)19(23)22-10-8-14-9-11-26-18(14)17(16)22/h3-7,9,11-12H,2,8,10H2,1H3,(H,24,25).